The Kier molecular flexibility index (Phi) is 9.48. The molecule has 0 bridgehead atoms. The second-order valence-electron chi connectivity index (χ2n) is 13.4. The van der Waals surface area contributed by atoms with Crippen molar-refractivity contribution in [1.82, 2.24) is 4.98 Å². The van der Waals surface area contributed by atoms with Gasteiger partial charge in [-0.15, -0.1) is 46.2 Å². The topological polar surface area (TPSA) is 74.6 Å². The van der Waals surface area contributed by atoms with Gasteiger partial charge in [0.1, 0.15) is 0 Å². The predicted octanol–water partition coefficient (Wildman–Crippen LogP) is 10.2. The van der Waals surface area contributed by atoms with Crippen LogP contribution in [0.3, 0.4) is 0 Å². The van der Waals surface area contributed by atoms with Gasteiger partial charge in [0.05, 0.1) is 23.3 Å². The Morgan fingerprint density at radius 3 is 1.45 bits per heavy atom. The SMILES string of the molecule is Cc1cc(C)c(-c2cc(N3[CH-]N(C)c4ccccc43)[c-]c(N3[CH-]N(C)c4ccccc43)c2)c(C)c1.N#Cc1ccc2[n-]c3ccc(C#N)cc3c2c1.[Pt+4]. The summed E-state index contributed by atoms with van der Waals surface area (Å²) in [4.78, 5) is 13.3. The van der Waals surface area contributed by atoms with Gasteiger partial charge >= 0.3 is 21.1 Å². The number of hydrogen-bond donors (Lipinski definition) is 0. The van der Waals surface area contributed by atoms with E-state index in [0.717, 1.165) is 44.6 Å². The van der Waals surface area contributed by atoms with E-state index in [4.69, 9.17) is 10.5 Å². The molecule has 2 aliphatic heterocycles. The maximum atomic E-state index is 8.88. The van der Waals surface area contributed by atoms with Crippen molar-refractivity contribution in [3.63, 3.8) is 0 Å². The van der Waals surface area contributed by atoms with Crippen molar-refractivity contribution in [2.24, 2.45) is 0 Å². The third kappa shape index (κ3) is 6.39. The Morgan fingerprint density at radius 2 is 1.02 bits per heavy atom. The quantitative estimate of drug-likeness (QED) is 0.164. The van der Waals surface area contributed by atoms with Crippen LogP contribution in [0.1, 0.15) is 27.8 Å². The molecule has 0 aliphatic carbocycles. The van der Waals surface area contributed by atoms with Gasteiger partial charge in [-0.25, -0.2) is 0 Å². The standard InChI is InChI=1S/C31H29N4.C14H6N3.Pt/c1-21-14-22(2)31(23(3)15-21)24-16-25(34-19-32(4)27-10-6-8-12-29(27)34)18-26(17-24)35-20-33(5)28-11-7-9-13-30(28)35;15-7-9-1-3-13-11(5-9)12-6-10(8-16)2-4-14(12)17-13;/h6-17,19-20H,1-5H3;1-6H;/q-3;-1;+4. The molecule has 53 heavy (non-hydrogen) atoms. The molecule has 0 spiro atoms. The van der Waals surface area contributed by atoms with Gasteiger partial charge in [0.2, 0.25) is 0 Å². The number of rotatable bonds is 3. The normalized spacial score (nSPS) is 12.9. The Hall–Kier alpha value is -6.01. The molecular weight excluding hydrogens is 834 g/mol. The van der Waals surface area contributed by atoms with Crippen LogP contribution in [-0.2, 0) is 21.1 Å². The van der Waals surface area contributed by atoms with Crippen LogP contribution in [0, 0.1) is 62.8 Å². The number of nitriles is 2. The van der Waals surface area contributed by atoms with E-state index in [0.29, 0.717) is 11.1 Å². The molecule has 260 valence electrons. The number of para-hydroxylation sites is 4. The summed E-state index contributed by atoms with van der Waals surface area (Å²) >= 11 is 0. The van der Waals surface area contributed by atoms with E-state index in [1.807, 2.05) is 24.3 Å². The van der Waals surface area contributed by atoms with Crippen LogP contribution in [0.2, 0.25) is 0 Å². The van der Waals surface area contributed by atoms with E-state index in [1.54, 1.807) is 12.1 Å². The van der Waals surface area contributed by atoms with Gasteiger partial charge in [0.25, 0.3) is 0 Å². The van der Waals surface area contributed by atoms with E-state index in [1.165, 1.54) is 39.2 Å². The molecule has 0 unspecified atom stereocenters. The maximum Gasteiger partial charge on any atom is 4.00 e. The minimum atomic E-state index is 0. The average molecular weight is 869 g/mol. The first-order valence-electron chi connectivity index (χ1n) is 17.1. The number of aromatic nitrogens is 1. The van der Waals surface area contributed by atoms with Crippen molar-refractivity contribution >= 4 is 55.9 Å². The first-order chi connectivity index (χ1) is 25.2. The van der Waals surface area contributed by atoms with Gasteiger partial charge < -0.3 is 24.6 Å². The molecule has 0 atom stereocenters. The van der Waals surface area contributed by atoms with E-state index in [-0.39, 0.29) is 21.1 Å². The molecule has 0 amide bonds. The third-order valence-corrected chi connectivity index (χ3v) is 9.73. The molecule has 0 saturated carbocycles. The molecule has 7 aromatic rings. The largest absolute Gasteiger partial charge is 4.00 e. The zero-order valence-corrected chi connectivity index (χ0v) is 32.3. The molecule has 0 saturated heterocycles. The number of nitrogens with zero attached hydrogens (tertiary/aromatic N) is 7. The van der Waals surface area contributed by atoms with Crippen molar-refractivity contribution < 1.29 is 21.1 Å². The van der Waals surface area contributed by atoms with Gasteiger partial charge in [0, 0.05) is 22.7 Å². The summed E-state index contributed by atoms with van der Waals surface area (Å²) in [6.07, 6.45) is 0. The number of aryl methyl sites for hydroxylation is 3. The molecule has 2 aliphatic rings. The van der Waals surface area contributed by atoms with Crippen molar-refractivity contribution in [2.45, 2.75) is 20.8 Å². The van der Waals surface area contributed by atoms with Gasteiger partial charge in [0.15, 0.2) is 0 Å². The minimum absolute atomic E-state index is 0. The van der Waals surface area contributed by atoms with Crippen LogP contribution in [0.25, 0.3) is 32.9 Å². The number of fused-ring (bicyclic) bond motifs is 5. The molecule has 0 N–H and O–H groups in total. The van der Waals surface area contributed by atoms with Crippen molar-refractivity contribution in [3.05, 3.63) is 156 Å². The summed E-state index contributed by atoms with van der Waals surface area (Å²) in [5.41, 5.74) is 16.0. The van der Waals surface area contributed by atoms with E-state index in [2.05, 4.69) is 164 Å². The molecule has 1 aromatic heterocycles. The number of anilines is 6. The van der Waals surface area contributed by atoms with Crippen LogP contribution < -0.4 is 24.6 Å². The summed E-state index contributed by atoms with van der Waals surface area (Å²) < 4.78 is 0. The van der Waals surface area contributed by atoms with Gasteiger partial charge in [-0.2, -0.15) is 23.9 Å². The summed E-state index contributed by atoms with van der Waals surface area (Å²) in [6.45, 7) is 10.9. The smallest absolute Gasteiger partial charge is 0.657 e. The Bertz CT molecular complexity index is 2440. The summed E-state index contributed by atoms with van der Waals surface area (Å²) in [5, 5.41) is 19.6. The fourth-order valence-corrected chi connectivity index (χ4v) is 7.46. The second-order valence-corrected chi connectivity index (χ2v) is 13.4. The second kappa shape index (κ2) is 14.2. The fraction of sp³-hybridized carbons (Fsp3) is 0.111. The van der Waals surface area contributed by atoms with Crippen LogP contribution >= 0.6 is 0 Å². The average Bonchev–Trinajstić information content (AvgIpc) is 3.81. The van der Waals surface area contributed by atoms with Crippen LogP contribution in [-0.4, -0.2) is 14.1 Å². The van der Waals surface area contributed by atoms with E-state index >= 15 is 0 Å². The summed E-state index contributed by atoms with van der Waals surface area (Å²) in [5.74, 6) is 0. The molecule has 9 rings (SSSR count). The molecule has 3 heterocycles. The third-order valence-electron chi connectivity index (χ3n) is 9.73. The zero-order chi connectivity index (χ0) is 36.1. The Balaban J connectivity index is 0.000000203. The minimum Gasteiger partial charge on any atom is -0.657 e. The van der Waals surface area contributed by atoms with E-state index in [9.17, 15) is 0 Å². The van der Waals surface area contributed by atoms with Gasteiger partial charge in [-0.05, 0) is 111 Å². The van der Waals surface area contributed by atoms with E-state index < -0.39 is 0 Å². The Labute approximate surface area is 325 Å². The summed E-state index contributed by atoms with van der Waals surface area (Å²) in [7, 11) is 4.19. The zero-order valence-electron chi connectivity index (χ0n) is 30.0. The molecule has 0 fully saturated rings. The number of hydrogen-bond acceptors (Lipinski definition) is 6. The molecule has 0 radical (unpaired) electrons. The fourth-order valence-electron chi connectivity index (χ4n) is 7.46. The van der Waals surface area contributed by atoms with Crippen molar-refractivity contribution in [3.8, 4) is 23.3 Å². The van der Waals surface area contributed by atoms with Crippen molar-refractivity contribution in [1.29, 1.82) is 10.5 Å². The monoisotopic (exact) mass is 868 g/mol. The molecule has 8 heteroatoms. The van der Waals surface area contributed by atoms with Crippen LogP contribution in [0.15, 0.2) is 109 Å². The number of benzene rings is 6. The molecule has 7 nitrogen and oxygen atoms in total. The molecular formula is C45H35N7Pt. The maximum absolute atomic E-state index is 8.88. The summed E-state index contributed by atoms with van der Waals surface area (Å²) in [6, 6.07) is 44.9. The van der Waals surface area contributed by atoms with Crippen molar-refractivity contribution in [2.75, 3.05) is 33.7 Å². The first kappa shape index (κ1) is 35.4. The van der Waals surface area contributed by atoms with Gasteiger partial charge in [-0.3, -0.25) is 0 Å². The first-order valence-corrected chi connectivity index (χ1v) is 17.1. The van der Waals surface area contributed by atoms with Crippen LogP contribution in [0.4, 0.5) is 34.1 Å². The van der Waals surface area contributed by atoms with Gasteiger partial charge in [-0.1, -0.05) is 54.1 Å². The molecule has 6 aromatic carbocycles. The van der Waals surface area contributed by atoms with Crippen LogP contribution in [0.5, 0.6) is 0 Å². The Morgan fingerprint density at radius 1 is 0.585 bits per heavy atom. The predicted molar refractivity (Wildman–Crippen MR) is 212 cm³/mol.